The Morgan fingerprint density at radius 2 is 1.83 bits per heavy atom. The predicted octanol–water partition coefficient (Wildman–Crippen LogP) is 2.77. The standard InChI is InChI=1S/C27H29N5O3/c33-23(31-13-2-1-3-14-31)17-32-22-6-4-5-20(24(22)27(26(32)35)9-11-28-12-10-27)25(34)18-7-8-21-19(15-18)16-29-30-21/h4-8,15-16,28H,1-3,9-14,17H2,(H,29,30). The van der Waals surface area contributed by atoms with Crippen LogP contribution in [0, 0.1) is 0 Å². The summed E-state index contributed by atoms with van der Waals surface area (Å²) >= 11 is 0. The van der Waals surface area contributed by atoms with Crippen LogP contribution in [0.25, 0.3) is 10.9 Å². The monoisotopic (exact) mass is 471 g/mol. The van der Waals surface area contributed by atoms with Gasteiger partial charge in [-0.05, 0) is 69.5 Å². The van der Waals surface area contributed by atoms with Crippen molar-refractivity contribution >= 4 is 34.2 Å². The molecule has 8 heteroatoms. The van der Waals surface area contributed by atoms with Crippen LogP contribution in [-0.2, 0) is 15.0 Å². The number of aromatic amines is 1. The lowest BCUT2D eigenvalue weighted by Crippen LogP contribution is -2.50. The minimum absolute atomic E-state index is 0.0166. The number of ketones is 1. The molecule has 2 aromatic carbocycles. The van der Waals surface area contributed by atoms with Crippen molar-refractivity contribution < 1.29 is 14.4 Å². The maximum absolute atomic E-state index is 14.0. The van der Waals surface area contributed by atoms with E-state index in [1.54, 1.807) is 17.2 Å². The van der Waals surface area contributed by atoms with Gasteiger partial charge in [0.15, 0.2) is 5.78 Å². The number of aromatic nitrogens is 2. The quantitative estimate of drug-likeness (QED) is 0.570. The van der Waals surface area contributed by atoms with Gasteiger partial charge in [-0.25, -0.2) is 0 Å². The number of amides is 2. The number of hydrogen-bond donors (Lipinski definition) is 2. The van der Waals surface area contributed by atoms with Crippen molar-refractivity contribution in [3.05, 3.63) is 59.3 Å². The van der Waals surface area contributed by atoms with E-state index in [1.807, 2.05) is 35.2 Å². The van der Waals surface area contributed by atoms with Gasteiger partial charge in [0.25, 0.3) is 0 Å². The Morgan fingerprint density at radius 3 is 2.63 bits per heavy atom. The molecular formula is C27H29N5O3. The molecule has 2 fully saturated rings. The van der Waals surface area contributed by atoms with Crippen LogP contribution in [0.2, 0.25) is 0 Å². The summed E-state index contributed by atoms with van der Waals surface area (Å²) in [4.78, 5) is 44.5. The zero-order valence-electron chi connectivity index (χ0n) is 19.7. The van der Waals surface area contributed by atoms with E-state index >= 15 is 0 Å². The second kappa shape index (κ2) is 8.61. The first-order valence-corrected chi connectivity index (χ1v) is 12.5. The number of rotatable bonds is 4. The fourth-order valence-corrected chi connectivity index (χ4v) is 6.02. The molecule has 3 aliphatic heterocycles. The van der Waals surface area contributed by atoms with Gasteiger partial charge in [0.05, 0.1) is 17.1 Å². The second-order valence-electron chi connectivity index (χ2n) is 9.87. The number of anilines is 1. The lowest BCUT2D eigenvalue weighted by atomic mass is 9.71. The van der Waals surface area contributed by atoms with Gasteiger partial charge < -0.3 is 15.1 Å². The molecule has 180 valence electrons. The summed E-state index contributed by atoms with van der Waals surface area (Å²) < 4.78 is 0. The predicted molar refractivity (Wildman–Crippen MR) is 133 cm³/mol. The lowest BCUT2D eigenvalue weighted by Gasteiger charge is -2.34. The second-order valence-corrected chi connectivity index (χ2v) is 9.87. The van der Waals surface area contributed by atoms with E-state index < -0.39 is 5.41 Å². The Balaban J connectivity index is 1.42. The minimum Gasteiger partial charge on any atom is -0.341 e. The van der Waals surface area contributed by atoms with E-state index in [0.29, 0.717) is 42.7 Å². The zero-order valence-corrected chi connectivity index (χ0v) is 19.7. The molecule has 2 saturated heterocycles. The van der Waals surface area contributed by atoms with Crippen molar-refractivity contribution in [1.29, 1.82) is 0 Å². The number of H-pyrrole nitrogens is 1. The first-order chi connectivity index (χ1) is 17.1. The Hall–Kier alpha value is -3.52. The van der Waals surface area contributed by atoms with Crippen LogP contribution in [0.15, 0.2) is 42.6 Å². The molecule has 0 atom stereocenters. The van der Waals surface area contributed by atoms with Crippen LogP contribution >= 0.6 is 0 Å². The molecule has 6 rings (SSSR count). The highest BCUT2D eigenvalue weighted by Crippen LogP contribution is 2.49. The smallest absolute Gasteiger partial charge is 0.242 e. The van der Waals surface area contributed by atoms with E-state index in [-0.39, 0.29) is 24.1 Å². The summed E-state index contributed by atoms with van der Waals surface area (Å²) in [5.74, 6) is -0.179. The molecule has 1 spiro atoms. The van der Waals surface area contributed by atoms with Crippen LogP contribution in [0.3, 0.4) is 0 Å². The third kappa shape index (κ3) is 3.55. The van der Waals surface area contributed by atoms with Crippen molar-refractivity contribution in [2.75, 3.05) is 37.6 Å². The number of nitrogens with zero attached hydrogens (tertiary/aromatic N) is 3. The number of likely N-dealkylation sites (tertiary alicyclic amines) is 1. The molecule has 0 aliphatic carbocycles. The summed E-state index contributed by atoms with van der Waals surface area (Å²) in [6, 6.07) is 11.0. The molecule has 0 unspecified atom stereocenters. The third-order valence-corrected chi connectivity index (χ3v) is 7.87. The third-order valence-electron chi connectivity index (χ3n) is 7.87. The number of benzene rings is 2. The molecule has 0 saturated carbocycles. The van der Waals surface area contributed by atoms with Crippen molar-refractivity contribution in [3.8, 4) is 0 Å². The zero-order chi connectivity index (χ0) is 24.0. The number of carbonyl (C=O) groups excluding carboxylic acids is 3. The molecule has 0 radical (unpaired) electrons. The van der Waals surface area contributed by atoms with Crippen molar-refractivity contribution in [3.63, 3.8) is 0 Å². The number of nitrogens with one attached hydrogen (secondary N) is 2. The molecule has 1 aromatic heterocycles. The minimum atomic E-state index is -0.783. The summed E-state index contributed by atoms with van der Waals surface area (Å²) in [7, 11) is 0. The maximum Gasteiger partial charge on any atom is 0.242 e. The Labute approximate surface area is 203 Å². The van der Waals surface area contributed by atoms with Gasteiger partial charge in [-0.2, -0.15) is 5.10 Å². The fraction of sp³-hybridized carbons (Fsp3) is 0.407. The summed E-state index contributed by atoms with van der Waals surface area (Å²) in [6.45, 7) is 2.92. The van der Waals surface area contributed by atoms with Crippen LogP contribution in [0.5, 0.6) is 0 Å². The van der Waals surface area contributed by atoms with Crippen molar-refractivity contribution in [2.45, 2.75) is 37.5 Å². The van der Waals surface area contributed by atoms with Crippen LogP contribution in [-0.4, -0.2) is 65.4 Å². The van der Waals surface area contributed by atoms with E-state index in [1.165, 1.54) is 0 Å². The molecular weight excluding hydrogens is 442 g/mol. The summed E-state index contributed by atoms with van der Waals surface area (Å²) in [5.41, 5.74) is 2.69. The van der Waals surface area contributed by atoms with Crippen molar-refractivity contribution in [1.82, 2.24) is 20.4 Å². The van der Waals surface area contributed by atoms with Crippen molar-refractivity contribution in [2.24, 2.45) is 0 Å². The molecule has 0 bridgehead atoms. The Morgan fingerprint density at radius 1 is 1.03 bits per heavy atom. The van der Waals surface area contributed by atoms with E-state index in [4.69, 9.17) is 0 Å². The summed E-state index contributed by atoms with van der Waals surface area (Å²) in [5, 5.41) is 11.2. The molecule has 4 heterocycles. The van der Waals surface area contributed by atoms with Crippen LogP contribution in [0.1, 0.15) is 53.6 Å². The van der Waals surface area contributed by atoms with Gasteiger partial charge in [-0.1, -0.05) is 12.1 Å². The SMILES string of the molecule is O=C(c1ccc2[nH]ncc2c1)c1cccc2c1C1(CCNCC1)C(=O)N2CC(=O)N1CCCCC1. The number of carbonyl (C=O) groups is 3. The first kappa shape index (κ1) is 22.0. The Bertz CT molecular complexity index is 1320. The fourth-order valence-electron chi connectivity index (χ4n) is 6.02. The topological polar surface area (TPSA) is 98.4 Å². The van der Waals surface area contributed by atoms with E-state index in [2.05, 4.69) is 15.5 Å². The average Bonchev–Trinajstić information content (AvgIpc) is 3.46. The van der Waals surface area contributed by atoms with Gasteiger partial charge in [0.1, 0.15) is 6.54 Å². The van der Waals surface area contributed by atoms with Gasteiger partial charge in [-0.3, -0.25) is 19.5 Å². The lowest BCUT2D eigenvalue weighted by molar-refractivity contribution is -0.133. The highest BCUT2D eigenvalue weighted by molar-refractivity contribution is 6.18. The van der Waals surface area contributed by atoms with E-state index in [0.717, 1.165) is 48.8 Å². The normalized spacial score (nSPS) is 19.4. The highest BCUT2D eigenvalue weighted by Gasteiger charge is 2.53. The number of piperidine rings is 2. The largest absolute Gasteiger partial charge is 0.341 e. The maximum atomic E-state index is 14.0. The molecule has 3 aromatic rings. The Kier molecular flexibility index (Phi) is 5.40. The van der Waals surface area contributed by atoms with Crippen LogP contribution < -0.4 is 10.2 Å². The first-order valence-electron chi connectivity index (χ1n) is 12.5. The van der Waals surface area contributed by atoms with Gasteiger partial charge in [0.2, 0.25) is 11.8 Å². The van der Waals surface area contributed by atoms with E-state index in [9.17, 15) is 14.4 Å². The molecule has 35 heavy (non-hydrogen) atoms. The van der Waals surface area contributed by atoms with Gasteiger partial charge in [-0.15, -0.1) is 0 Å². The van der Waals surface area contributed by atoms with Gasteiger partial charge in [0, 0.05) is 40.9 Å². The number of fused-ring (bicyclic) bond motifs is 3. The van der Waals surface area contributed by atoms with Crippen LogP contribution in [0.4, 0.5) is 5.69 Å². The highest BCUT2D eigenvalue weighted by atomic mass is 16.2. The molecule has 2 N–H and O–H groups in total. The van der Waals surface area contributed by atoms with Gasteiger partial charge >= 0.3 is 0 Å². The molecule has 2 amide bonds. The summed E-state index contributed by atoms with van der Waals surface area (Å²) in [6.07, 6.45) is 6.07. The molecule has 8 nitrogen and oxygen atoms in total. The average molecular weight is 472 g/mol. The molecule has 3 aliphatic rings. The number of hydrogen-bond acceptors (Lipinski definition) is 5.